The minimum Gasteiger partial charge on any atom is -0.495 e. The van der Waals surface area contributed by atoms with E-state index < -0.39 is 11.5 Å². The molecule has 0 saturated carbocycles. The molecule has 0 aliphatic carbocycles. The molecule has 0 spiro atoms. The highest BCUT2D eigenvalue weighted by atomic mass is 35.5. The maximum atomic E-state index is 13.5. The lowest BCUT2D eigenvalue weighted by atomic mass is 9.88. The normalized spacial score (nSPS) is 18.1. The van der Waals surface area contributed by atoms with Gasteiger partial charge in [-0.1, -0.05) is 35.3 Å². The van der Waals surface area contributed by atoms with Crippen molar-refractivity contribution in [3.05, 3.63) is 63.3 Å². The molecule has 9 heteroatoms. The molecule has 1 saturated heterocycles. The van der Waals surface area contributed by atoms with Gasteiger partial charge in [0.1, 0.15) is 16.5 Å². The Bertz CT molecular complexity index is 1200. The molecular weight excluding hydrogens is 455 g/mol. The van der Waals surface area contributed by atoms with Gasteiger partial charge in [-0.25, -0.2) is 4.79 Å². The first-order valence-corrected chi connectivity index (χ1v) is 10.9. The Hall–Kier alpha value is -2.74. The van der Waals surface area contributed by atoms with Crippen molar-refractivity contribution < 1.29 is 24.2 Å². The topological polar surface area (TPSA) is 89.8 Å². The van der Waals surface area contributed by atoms with Gasteiger partial charge in [0.05, 0.1) is 35.4 Å². The number of aromatic nitrogens is 1. The number of carbonyl (C=O) groups excluding carboxylic acids is 1. The molecule has 1 aliphatic rings. The number of carbonyl (C=O) groups is 2. The first kappa shape index (κ1) is 22.5. The molecule has 0 bridgehead atoms. The second-order valence-electron chi connectivity index (χ2n) is 7.63. The van der Waals surface area contributed by atoms with E-state index in [-0.39, 0.29) is 18.1 Å². The maximum Gasteiger partial charge on any atom is 0.335 e. The van der Waals surface area contributed by atoms with Crippen LogP contribution >= 0.6 is 23.2 Å². The molecule has 1 atom stereocenters. The number of methoxy groups -OCH3 is 1. The fraction of sp³-hybridized carbons (Fsp3) is 0.304. The van der Waals surface area contributed by atoms with E-state index in [9.17, 15) is 14.7 Å². The van der Waals surface area contributed by atoms with E-state index >= 15 is 0 Å². The predicted octanol–water partition coefficient (Wildman–Crippen LogP) is 4.72. The number of aryl methyl sites for hydroxylation is 1. The van der Waals surface area contributed by atoms with Gasteiger partial charge in [-0.2, -0.15) is 0 Å². The number of aromatic carboxylic acids is 1. The second kappa shape index (κ2) is 8.65. The van der Waals surface area contributed by atoms with Gasteiger partial charge in [-0.05, 0) is 30.7 Å². The zero-order chi connectivity index (χ0) is 23.0. The molecule has 4 rings (SSSR count). The smallest absolute Gasteiger partial charge is 0.335 e. The van der Waals surface area contributed by atoms with Crippen LogP contribution in [-0.4, -0.2) is 41.9 Å². The molecule has 7 nitrogen and oxygen atoms in total. The molecule has 1 fully saturated rings. The zero-order valence-corrected chi connectivity index (χ0v) is 19.1. The molecule has 3 aromatic rings. The number of benzene rings is 2. The van der Waals surface area contributed by atoms with Crippen molar-refractivity contribution in [2.24, 2.45) is 0 Å². The van der Waals surface area contributed by atoms with Crippen LogP contribution in [0.15, 0.2) is 36.4 Å². The van der Waals surface area contributed by atoms with Crippen molar-refractivity contribution in [1.82, 2.24) is 9.88 Å². The Labute approximate surface area is 194 Å². The molecule has 1 unspecified atom stereocenters. The van der Waals surface area contributed by atoms with Gasteiger partial charge in [0.2, 0.25) is 0 Å². The zero-order valence-electron chi connectivity index (χ0n) is 17.6. The molecule has 2 heterocycles. The standard InChI is InChI=1S/C23H22Cl2N2O5/c1-3-27-16-11-18(31-2)20(25)19(24)15(16)10-17(27)21(28)26-23(8-9-32-12-23)14-6-4-13(5-7-14)22(29)30/h4-7,10-11H,3,8-9,12H2,1-2H3,(H,26,28)(H,29,30). The van der Waals surface area contributed by atoms with Crippen molar-refractivity contribution >= 4 is 46.0 Å². The van der Waals surface area contributed by atoms with E-state index in [0.717, 1.165) is 11.1 Å². The Morgan fingerprint density at radius 2 is 1.94 bits per heavy atom. The Kier molecular flexibility index (Phi) is 6.07. The first-order chi connectivity index (χ1) is 15.3. The first-order valence-electron chi connectivity index (χ1n) is 10.1. The summed E-state index contributed by atoms with van der Waals surface area (Å²) in [5.74, 6) is -0.860. The van der Waals surface area contributed by atoms with Gasteiger partial charge in [-0.15, -0.1) is 0 Å². The van der Waals surface area contributed by atoms with Crippen LogP contribution in [0.25, 0.3) is 10.9 Å². The summed E-state index contributed by atoms with van der Waals surface area (Å²) in [6.45, 7) is 3.24. The van der Waals surface area contributed by atoms with Gasteiger partial charge in [0.25, 0.3) is 5.91 Å². The summed E-state index contributed by atoms with van der Waals surface area (Å²) in [7, 11) is 1.51. The third kappa shape index (κ3) is 3.70. The number of carboxylic acids is 1. The molecule has 2 N–H and O–H groups in total. The van der Waals surface area contributed by atoms with Crippen molar-refractivity contribution in [3.63, 3.8) is 0 Å². The van der Waals surface area contributed by atoms with Gasteiger partial charge >= 0.3 is 5.97 Å². The van der Waals surface area contributed by atoms with Crippen LogP contribution in [-0.2, 0) is 16.8 Å². The highest BCUT2D eigenvalue weighted by Crippen LogP contribution is 2.40. The fourth-order valence-corrected chi connectivity index (χ4v) is 4.64. The molecule has 1 aliphatic heterocycles. The molecule has 2 aromatic carbocycles. The summed E-state index contributed by atoms with van der Waals surface area (Å²) in [5, 5.41) is 13.6. The lowest BCUT2D eigenvalue weighted by molar-refractivity contribution is 0.0696. The lowest BCUT2D eigenvalue weighted by Crippen LogP contribution is -2.47. The number of fused-ring (bicyclic) bond motifs is 1. The number of hydrogen-bond acceptors (Lipinski definition) is 4. The van der Waals surface area contributed by atoms with Crippen LogP contribution in [0.5, 0.6) is 5.75 Å². The van der Waals surface area contributed by atoms with Crippen molar-refractivity contribution in [2.45, 2.75) is 25.4 Å². The van der Waals surface area contributed by atoms with Crippen molar-refractivity contribution in [1.29, 1.82) is 0 Å². The molecule has 1 amide bonds. The average Bonchev–Trinajstić information content (AvgIpc) is 3.41. The second-order valence-corrected chi connectivity index (χ2v) is 8.39. The molecule has 1 aromatic heterocycles. The fourth-order valence-electron chi connectivity index (χ4n) is 4.16. The summed E-state index contributed by atoms with van der Waals surface area (Å²) in [6.07, 6.45) is 0.567. The number of ether oxygens (including phenoxy) is 2. The summed E-state index contributed by atoms with van der Waals surface area (Å²) in [5.41, 5.74) is 1.38. The van der Waals surface area contributed by atoms with Gasteiger partial charge < -0.3 is 24.5 Å². The Balaban J connectivity index is 1.74. The van der Waals surface area contributed by atoms with Gasteiger partial charge in [-0.3, -0.25) is 4.79 Å². The summed E-state index contributed by atoms with van der Waals surface area (Å²) < 4.78 is 12.8. The highest BCUT2D eigenvalue weighted by Gasteiger charge is 2.39. The van der Waals surface area contributed by atoms with E-state index in [0.29, 0.717) is 46.4 Å². The number of hydrogen-bond donors (Lipinski definition) is 2. The quantitative estimate of drug-likeness (QED) is 0.537. The number of carboxylic acid groups (broad SMARTS) is 1. The van der Waals surface area contributed by atoms with E-state index in [1.807, 2.05) is 11.5 Å². The van der Waals surface area contributed by atoms with Gasteiger partial charge in [0, 0.05) is 31.0 Å². The van der Waals surface area contributed by atoms with Gasteiger partial charge in [0.15, 0.2) is 0 Å². The summed E-state index contributed by atoms with van der Waals surface area (Å²) in [6, 6.07) is 9.98. The monoisotopic (exact) mass is 476 g/mol. The number of halogens is 2. The predicted molar refractivity (Wildman–Crippen MR) is 122 cm³/mol. The SMILES string of the molecule is CCn1c(C(=O)NC2(c3ccc(C(=O)O)cc3)CCOC2)cc2c(Cl)c(Cl)c(OC)cc21. The number of nitrogens with zero attached hydrogens (tertiary/aromatic N) is 1. The third-order valence-corrected chi connectivity index (χ3v) is 6.74. The van der Waals surface area contributed by atoms with E-state index in [2.05, 4.69) is 5.32 Å². The minimum absolute atomic E-state index is 0.181. The molecule has 0 radical (unpaired) electrons. The van der Waals surface area contributed by atoms with E-state index in [4.69, 9.17) is 32.7 Å². The van der Waals surface area contributed by atoms with Crippen LogP contribution in [0.1, 0.15) is 39.8 Å². The Morgan fingerprint density at radius 3 is 2.50 bits per heavy atom. The van der Waals surface area contributed by atoms with Crippen molar-refractivity contribution in [3.8, 4) is 5.75 Å². The van der Waals surface area contributed by atoms with Crippen LogP contribution in [0.2, 0.25) is 10.0 Å². The van der Waals surface area contributed by atoms with E-state index in [1.54, 1.807) is 24.3 Å². The number of rotatable bonds is 6. The van der Waals surface area contributed by atoms with Crippen LogP contribution in [0.4, 0.5) is 0 Å². The average molecular weight is 477 g/mol. The maximum absolute atomic E-state index is 13.5. The third-order valence-electron chi connectivity index (χ3n) is 5.88. The van der Waals surface area contributed by atoms with Crippen LogP contribution < -0.4 is 10.1 Å². The highest BCUT2D eigenvalue weighted by molar-refractivity contribution is 6.46. The molecular formula is C23H22Cl2N2O5. The van der Waals surface area contributed by atoms with Crippen LogP contribution in [0.3, 0.4) is 0 Å². The number of amides is 1. The molecule has 168 valence electrons. The summed E-state index contributed by atoms with van der Waals surface area (Å²) in [4.78, 5) is 24.7. The Morgan fingerprint density at radius 1 is 1.22 bits per heavy atom. The van der Waals surface area contributed by atoms with Crippen LogP contribution in [0, 0.1) is 0 Å². The molecule has 32 heavy (non-hydrogen) atoms. The summed E-state index contributed by atoms with van der Waals surface area (Å²) >= 11 is 12.8. The lowest BCUT2D eigenvalue weighted by Gasteiger charge is -2.29. The number of nitrogens with one attached hydrogen (secondary N) is 1. The van der Waals surface area contributed by atoms with E-state index in [1.165, 1.54) is 19.2 Å². The van der Waals surface area contributed by atoms with Crippen molar-refractivity contribution in [2.75, 3.05) is 20.3 Å². The minimum atomic E-state index is -1.00. The largest absolute Gasteiger partial charge is 0.495 e.